The second-order valence-electron chi connectivity index (χ2n) is 5.48. The van der Waals surface area contributed by atoms with E-state index in [4.69, 9.17) is 11.6 Å². The van der Waals surface area contributed by atoms with E-state index in [1.54, 1.807) is 24.3 Å². The maximum absolute atomic E-state index is 12.1. The van der Waals surface area contributed by atoms with Crippen molar-refractivity contribution in [2.45, 2.75) is 11.3 Å². The zero-order valence-corrected chi connectivity index (χ0v) is 16.3. The van der Waals surface area contributed by atoms with Gasteiger partial charge in [0.15, 0.2) is 10.1 Å². The monoisotopic (exact) mass is 402 g/mol. The van der Waals surface area contributed by atoms with E-state index in [0.29, 0.717) is 16.3 Å². The molecule has 0 bridgehead atoms. The van der Waals surface area contributed by atoms with Gasteiger partial charge in [-0.3, -0.25) is 9.59 Å². The number of Topliss-reactive ketones (excluding diaryl/α,β-unsaturated/α-hetero) is 1. The summed E-state index contributed by atoms with van der Waals surface area (Å²) in [5.74, 6) is 0.0738. The number of amides is 1. The molecule has 7 heteroatoms. The van der Waals surface area contributed by atoms with Crippen molar-refractivity contribution in [3.05, 3.63) is 64.5 Å². The molecule has 2 aromatic carbocycles. The summed E-state index contributed by atoms with van der Waals surface area (Å²) in [4.78, 5) is 28.1. The predicted octanol–water partition coefficient (Wildman–Crippen LogP) is 5.40. The fourth-order valence-electron chi connectivity index (χ4n) is 2.22. The quantitative estimate of drug-likeness (QED) is 0.443. The molecule has 1 amide bonds. The van der Waals surface area contributed by atoms with Crippen LogP contribution in [0.3, 0.4) is 0 Å². The summed E-state index contributed by atoms with van der Waals surface area (Å²) in [7, 11) is 0. The number of rotatable bonds is 6. The smallest absolute Gasteiger partial charge is 0.234 e. The van der Waals surface area contributed by atoms with Gasteiger partial charge in [-0.15, -0.1) is 11.3 Å². The topological polar surface area (TPSA) is 59.1 Å². The number of nitrogens with zero attached hydrogens (tertiary/aromatic N) is 1. The van der Waals surface area contributed by atoms with Crippen molar-refractivity contribution in [2.24, 2.45) is 0 Å². The van der Waals surface area contributed by atoms with Gasteiger partial charge in [0, 0.05) is 27.2 Å². The van der Waals surface area contributed by atoms with Crippen LogP contribution < -0.4 is 5.32 Å². The molecule has 0 spiro atoms. The first-order valence-corrected chi connectivity index (χ1v) is 10.0. The highest BCUT2D eigenvalue weighted by atomic mass is 35.5. The summed E-state index contributed by atoms with van der Waals surface area (Å²) in [6, 6.07) is 14.4. The number of halogens is 1. The Balaban J connectivity index is 1.57. The second kappa shape index (κ2) is 8.49. The third-order valence-corrected chi connectivity index (χ3v) is 5.78. The molecule has 0 radical (unpaired) electrons. The molecule has 0 aliphatic rings. The number of anilines is 1. The molecule has 0 atom stereocenters. The number of carbonyl (C=O) groups is 2. The Morgan fingerprint density at radius 3 is 2.69 bits per heavy atom. The fraction of sp³-hybridized carbons (Fsp3) is 0.105. The highest BCUT2D eigenvalue weighted by Crippen LogP contribution is 2.29. The molecule has 3 aromatic rings. The van der Waals surface area contributed by atoms with Gasteiger partial charge in [-0.05, 0) is 31.2 Å². The molecule has 3 rings (SSSR count). The molecule has 0 fully saturated rings. The summed E-state index contributed by atoms with van der Waals surface area (Å²) in [5.41, 5.74) is 3.04. The Morgan fingerprint density at radius 2 is 1.96 bits per heavy atom. The molecular formula is C19H15ClN2O2S2. The van der Waals surface area contributed by atoms with E-state index in [9.17, 15) is 9.59 Å². The predicted molar refractivity (Wildman–Crippen MR) is 108 cm³/mol. The maximum Gasteiger partial charge on any atom is 0.234 e. The summed E-state index contributed by atoms with van der Waals surface area (Å²) < 4.78 is 0.822. The van der Waals surface area contributed by atoms with E-state index in [0.717, 1.165) is 15.6 Å². The highest BCUT2D eigenvalue weighted by Gasteiger charge is 2.09. The van der Waals surface area contributed by atoms with Crippen LogP contribution in [-0.4, -0.2) is 22.4 Å². The van der Waals surface area contributed by atoms with Crippen LogP contribution in [0.5, 0.6) is 0 Å². The zero-order chi connectivity index (χ0) is 18.5. The van der Waals surface area contributed by atoms with E-state index in [-0.39, 0.29) is 17.4 Å². The van der Waals surface area contributed by atoms with Crippen LogP contribution in [0.15, 0.2) is 58.3 Å². The Bertz CT molecular complexity index is 939. The standard InChI is InChI=1S/C19H15ClN2O2S2/c1-12(23)14-3-2-4-16(9-14)21-18(24)11-26-19-22-17(10-25-19)13-5-7-15(20)8-6-13/h2-10H,11H2,1H3,(H,21,24). The molecule has 1 heterocycles. The van der Waals surface area contributed by atoms with E-state index < -0.39 is 0 Å². The van der Waals surface area contributed by atoms with Gasteiger partial charge in [-0.2, -0.15) is 0 Å². The number of aromatic nitrogens is 1. The van der Waals surface area contributed by atoms with Crippen LogP contribution in [0.2, 0.25) is 5.02 Å². The molecule has 0 unspecified atom stereocenters. The summed E-state index contributed by atoms with van der Waals surface area (Å²) >= 11 is 8.77. The number of thiazole rings is 1. The number of benzene rings is 2. The van der Waals surface area contributed by atoms with Crippen LogP contribution in [0.4, 0.5) is 5.69 Å². The number of hydrogen-bond donors (Lipinski definition) is 1. The van der Waals surface area contributed by atoms with E-state index >= 15 is 0 Å². The van der Waals surface area contributed by atoms with Gasteiger partial charge >= 0.3 is 0 Å². The fourth-order valence-corrected chi connectivity index (χ4v) is 3.98. The van der Waals surface area contributed by atoms with Crippen LogP contribution in [0.25, 0.3) is 11.3 Å². The third kappa shape index (κ3) is 4.94. The third-order valence-electron chi connectivity index (χ3n) is 3.50. The average Bonchev–Trinajstić information content (AvgIpc) is 3.10. The minimum Gasteiger partial charge on any atom is -0.325 e. The van der Waals surface area contributed by atoms with Crippen molar-refractivity contribution in [3.8, 4) is 11.3 Å². The number of ketones is 1. The first-order valence-electron chi connectivity index (χ1n) is 7.76. The van der Waals surface area contributed by atoms with Gasteiger partial charge in [0.2, 0.25) is 5.91 Å². The van der Waals surface area contributed by atoms with E-state index in [1.807, 2.05) is 29.6 Å². The van der Waals surface area contributed by atoms with Gasteiger partial charge in [0.1, 0.15) is 0 Å². The summed E-state index contributed by atoms with van der Waals surface area (Å²) in [6.45, 7) is 1.50. The molecular weight excluding hydrogens is 388 g/mol. The van der Waals surface area contributed by atoms with Gasteiger partial charge < -0.3 is 5.32 Å². The maximum atomic E-state index is 12.1. The minimum atomic E-state index is -0.140. The van der Waals surface area contributed by atoms with Crippen molar-refractivity contribution in [1.82, 2.24) is 4.98 Å². The molecule has 132 valence electrons. The number of nitrogens with one attached hydrogen (secondary N) is 1. The number of hydrogen-bond acceptors (Lipinski definition) is 5. The SMILES string of the molecule is CC(=O)c1cccc(NC(=O)CSc2nc(-c3ccc(Cl)cc3)cs2)c1. The second-order valence-corrected chi connectivity index (χ2v) is 8.00. The van der Waals surface area contributed by atoms with Gasteiger partial charge in [0.25, 0.3) is 0 Å². The lowest BCUT2D eigenvalue weighted by Crippen LogP contribution is -2.14. The molecule has 0 aliphatic heterocycles. The van der Waals surface area contributed by atoms with Crippen molar-refractivity contribution >= 4 is 52.1 Å². The molecule has 4 nitrogen and oxygen atoms in total. The molecule has 1 N–H and O–H groups in total. The van der Waals surface area contributed by atoms with E-state index in [2.05, 4.69) is 10.3 Å². The molecule has 1 aromatic heterocycles. The molecule has 0 saturated carbocycles. The number of carbonyl (C=O) groups excluding carboxylic acids is 2. The lowest BCUT2D eigenvalue weighted by Gasteiger charge is -2.05. The molecule has 0 aliphatic carbocycles. The van der Waals surface area contributed by atoms with Crippen molar-refractivity contribution < 1.29 is 9.59 Å². The largest absolute Gasteiger partial charge is 0.325 e. The Hall–Kier alpha value is -2.15. The Morgan fingerprint density at radius 1 is 1.19 bits per heavy atom. The van der Waals surface area contributed by atoms with Crippen molar-refractivity contribution in [1.29, 1.82) is 0 Å². The normalized spacial score (nSPS) is 10.5. The first-order chi connectivity index (χ1) is 12.5. The lowest BCUT2D eigenvalue weighted by atomic mass is 10.1. The van der Waals surface area contributed by atoms with Gasteiger partial charge in [-0.1, -0.05) is 47.6 Å². The zero-order valence-electron chi connectivity index (χ0n) is 13.9. The molecule has 26 heavy (non-hydrogen) atoms. The molecule has 0 saturated heterocycles. The van der Waals surface area contributed by atoms with Gasteiger partial charge in [-0.25, -0.2) is 4.98 Å². The van der Waals surface area contributed by atoms with Crippen LogP contribution in [0, 0.1) is 0 Å². The highest BCUT2D eigenvalue weighted by molar-refractivity contribution is 8.01. The number of thioether (sulfide) groups is 1. The van der Waals surface area contributed by atoms with Crippen LogP contribution >= 0.6 is 34.7 Å². The summed E-state index contributed by atoms with van der Waals surface area (Å²) in [5, 5.41) is 5.44. The average molecular weight is 403 g/mol. The van der Waals surface area contributed by atoms with E-state index in [1.165, 1.54) is 30.0 Å². The van der Waals surface area contributed by atoms with Crippen molar-refractivity contribution in [2.75, 3.05) is 11.1 Å². The van der Waals surface area contributed by atoms with Gasteiger partial charge in [0.05, 0.1) is 11.4 Å². The lowest BCUT2D eigenvalue weighted by molar-refractivity contribution is -0.113. The summed E-state index contributed by atoms with van der Waals surface area (Å²) in [6.07, 6.45) is 0. The Kier molecular flexibility index (Phi) is 6.08. The van der Waals surface area contributed by atoms with Crippen molar-refractivity contribution in [3.63, 3.8) is 0 Å². The van der Waals surface area contributed by atoms with Crippen LogP contribution in [-0.2, 0) is 4.79 Å². The van der Waals surface area contributed by atoms with Crippen LogP contribution in [0.1, 0.15) is 17.3 Å². The Labute approximate surface area is 164 Å². The first kappa shape index (κ1) is 18.6. The minimum absolute atomic E-state index is 0.0343.